The van der Waals surface area contributed by atoms with E-state index in [9.17, 15) is 10.2 Å². The molecule has 0 aromatic rings. The van der Waals surface area contributed by atoms with Crippen LogP contribution in [0, 0.1) is 45.8 Å². The number of aliphatic hydroxyl groups is 2. The minimum Gasteiger partial charge on any atom is -0.393 e. The van der Waals surface area contributed by atoms with Gasteiger partial charge in [0.05, 0.1) is 12.2 Å². The highest BCUT2D eigenvalue weighted by Gasteiger charge is 2.63. The minimum absolute atomic E-state index is 0.101. The second-order valence-electron chi connectivity index (χ2n) is 13.1. The lowest BCUT2D eigenvalue weighted by molar-refractivity contribution is -0.0804. The molecule has 3 fully saturated rings. The Morgan fingerprint density at radius 1 is 1.10 bits per heavy atom. The molecule has 4 rings (SSSR count). The molecule has 176 valence electrons. The molecular weight excluding hydrogens is 380 g/mol. The van der Waals surface area contributed by atoms with Crippen LogP contribution in [0.15, 0.2) is 23.3 Å². The number of hydrogen-bond acceptors (Lipinski definition) is 2. The predicted octanol–water partition coefficient (Wildman–Crippen LogP) is 6.92. The van der Waals surface area contributed by atoms with Gasteiger partial charge in [-0.05, 0) is 106 Å². The normalized spacial score (nSPS) is 46.9. The zero-order valence-corrected chi connectivity index (χ0v) is 21.2. The van der Waals surface area contributed by atoms with Crippen molar-refractivity contribution in [1.82, 2.24) is 0 Å². The van der Waals surface area contributed by atoms with Gasteiger partial charge in [0.1, 0.15) is 0 Å². The molecule has 2 N–H and O–H groups in total. The molecule has 9 atom stereocenters. The molecule has 4 aliphatic carbocycles. The van der Waals surface area contributed by atoms with Gasteiger partial charge in [0.2, 0.25) is 0 Å². The first-order valence-corrected chi connectivity index (χ1v) is 13.1. The van der Waals surface area contributed by atoms with Crippen LogP contribution in [0.25, 0.3) is 0 Å². The summed E-state index contributed by atoms with van der Waals surface area (Å²) in [5.74, 6) is 3.06. The summed E-state index contributed by atoms with van der Waals surface area (Å²) >= 11 is 0. The van der Waals surface area contributed by atoms with E-state index in [4.69, 9.17) is 0 Å². The van der Waals surface area contributed by atoms with Crippen molar-refractivity contribution in [1.29, 1.82) is 0 Å². The van der Waals surface area contributed by atoms with Gasteiger partial charge in [-0.2, -0.15) is 0 Å². The fourth-order valence-electron chi connectivity index (χ4n) is 9.29. The summed E-state index contributed by atoms with van der Waals surface area (Å²) in [4.78, 5) is 0. The summed E-state index contributed by atoms with van der Waals surface area (Å²) in [5, 5.41) is 22.0. The van der Waals surface area contributed by atoms with Gasteiger partial charge in [0.15, 0.2) is 0 Å². The first-order valence-electron chi connectivity index (χ1n) is 13.1. The fraction of sp³-hybridized carbons (Fsp3) is 0.862. The highest BCUT2D eigenvalue weighted by atomic mass is 16.3. The Morgan fingerprint density at radius 3 is 2.48 bits per heavy atom. The summed E-state index contributed by atoms with van der Waals surface area (Å²) in [6, 6.07) is 0. The summed E-state index contributed by atoms with van der Waals surface area (Å²) in [7, 11) is 0. The fourth-order valence-corrected chi connectivity index (χ4v) is 9.29. The van der Waals surface area contributed by atoms with Crippen LogP contribution in [0.5, 0.6) is 0 Å². The van der Waals surface area contributed by atoms with Crippen LogP contribution in [0.3, 0.4) is 0 Å². The Labute approximate surface area is 191 Å². The van der Waals surface area contributed by atoms with Crippen LogP contribution in [0.4, 0.5) is 0 Å². The largest absolute Gasteiger partial charge is 0.393 e. The molecule has 0 spiro atoms. The Balaban J connectivity index is 1.60. The Morgan fingerprint density at radius 2 is 1.81 bits per heavy atom. The van der Waals surface area contributed by atoms with Gasteiger partial charge in [0, 0.05) is 5.41 Å². The van der Waals surface area contributed by atoms with Gasteiger partial charge < -0.3 is 10.2 Å². The van der Waals surface area contributed by atoms with Gasteiger partial charge >= 0.3 is 0 Å². The Hall–Kier alpha value is -0.600. The molecule has 4 aliphatic rings. The SMILES string of the molecule is CC(C)=CCC[C@@H](C)[C@H]1[C@@H](O)C[C@H]2[C@@H]3CC=C4C(C)(C)[C@@H](O)CC[C@]4(C)[C@H]3CC[C@]12C. The minimum atomic E-state index is -0.212. The number of rotatable bonds is 4. The molecule has 0 bridgehead atoms. The third kappa shape index (κ3) is 3.59. The molecule has 2 nitrogen and oxygen atoms in total. The Kier molecular flexibility index (Phi) is 6.09. The third-order valence-electron chi connectivity index (χ3n) is 10.8. The number of allylic oxidation sites excluding steroid dienone is 3. The van der Waals surface area contributed by atoms with E-state index in [0.717, 1.165) is 32.1 Å². The summed E-state index contributed by atoms with van der Waals surface area (Å²) in [6.45, 7) is 16.3. The molecule has 0 unspecified atom stereocenters. The van der Waals surface area contributed by atoms with E-state index >= 15 is 0 Å². The van der Waals surface area contributed by atoms with E-state index in [2.05, 4.69) is 60.6 Å². The van der Waals surface area contributed by atoms with Crippen LogP contribution < -0.4 is 0 Å². The van der Waals surface area contributed by atoms with Crippen LogP contribution >= 0.6 is 0 Å². The molecule has 31 heavy (non-hydrogen) atoms. The zero-order valence-electron chi connectivity index (χ0n) is 21.2. The number of aliphatic hydroxyl groups excluding tert-OH is 2. The third-order valence-corrected chi connectivity index (χ3v) is 10.8. The first kappa shape index (κ1) is 23.6. The maximum Gasteiger partial charge on any atom is 0.0628 e. The van der Waals surface area contributed by atoms with Crippen molar-refractivity contribution in [3.8, 4) is 0 Å². The molecule has 0 aromatic heterocycles. The lowest BCUT2D eigenvalue weighted by atomic mass is 9.44. The van der Waals surface area contributed by atoms with E-state index in [-0.39, 0.29) is 28.5 Å². The average Bonchev–Trinajstić information content (AvgIpc) is 2.95. The van der Waals surface area contributed by atoms with Gasteiger partial charge in [-0.1, -0.05) is 57.9 Å². The van der Waals surface area contributed by atoms with Crippen LogP contribution in [0.1, 0.15) is 99.8 Å². The van der Waals surface area contributed by atoms with Crippen molar-refractivity contribution in [2.45, 2.75) is 112 Å². The van der Waals surface area contributed by atoms with E-state index < -0.39 is 0 Å². The molecule has 0 aromatic carbocycles. The van der Waals surface area contributed by atoms with Crippen molar-refractivity contribution in [2.24, 2.45) is 45.8 Å². The molecule has 0 heterocycles. The highest BCUT2D eigenvalue weighted by Crippen LogP contribution is 2.68. The van der Waals surface area contributed by atoms with E-state index in [0.29, 0.717) is 29.6 Å². The lowest BCUT2D eigenvalue weighted by Crippen LogP contribution is -2.54. The number of fused-ring (bicyclic) bond motifs is 5. The van der Waals surface area contributed by atoms with Gasteiger partial charge in [-0.3, -0.25) is 0 Å². The topological polar surface area (TPSA) is 40.5 Å². The van der Waals surface area contributed by atoms with Crippen molar-refractivity contribution >= 4 is 0 Å². The summed E-state index contributed by atoms with van der Waals surface area (Å²) in [6.07, 6.45) is 13.6. The molecule has 0 saturated heterocycles. The maximum absolute atomic E-state index is 11.3. The van der Waals surface area contributed by atoms with Crippen LogP contribution in [-0.2, 0) is 0 Å². The quantitative estimate of drug-likeness (QED) is 0.477. The molecular formula is C29H48O2. The van der Waals surface area contributed by atoms with E-state index in [1.807, 2.05) is 0 Å². The number of hydrogen-bond donors (Lipinski definition) is 2. The van der Waals surface area contributed by atoms with Crippen molar-refractivity contribution in [3.05, 3.63) is 23.3 Å². The molecule has 0 aliphatic heterocycles. The Bertz CT molecular complexity index is 744. The first-order chi connectivity index (χ1) is 14.4. The standard InChI is InChI=1S/C29H48O2/c1-18(2)9-8-10-19(3)26-23(30)17-22-20-11-12-24-27(4,5)25(31)14-16-28(24,6)21(20)13-15-29(22,26)7/h9,12,19-23,25-26,30-31H,8,10-11,13-17H2,1-7H3/t19-,20-,21+,22+,23+,25+,26+,28-,29+/m1/s1. The van der Waals surface area contributed by atoms with Gasteiger partial charge in [-0.25, -0.2) is 0 Å². The zero-order chi connectivity index (χ0) is 22.8. The maximum atomic E-state index is 11.3. The molecule has 0 amide bonds. The van der Waals surface area contributed by atoms with E-state index in [1.54, 1.807) is 0 Å². The smallest absolute Gasteiger partial charge is 0.0628 e. The predicted molar refractivity (Wildman–Crippen MR) is 130 cm³/mol. The second kappa shape index (κ2) is 8.01. The summed E-state index contributed by atoms with van der Waals surface area (Å²) in [5.41, 5.74) is 3.34. The lowest BCUT2D eigenvalue weighted by Gasteiger charge is -2.61. The average molecular weight is 429 g/mol. The molecule has 0 radical (unpaired) electrons. The van der Waals surface area contributed by atoms with Crippen molar-refractivity contribution in [2.75, 3.05) is 0 Å². The second-order valence-corrected chi connectivity index (χ2v) is 13.1. The molecule has 2 heteroatoms. The highest BCUT2D eigenvalue weighted by molar-refractivity contribution is 5.31. The summed E-state index contributed by atoms with van der Waals surface area (Å²) < 4.78 is 0. The van der Waals surface area contributed by atoms with Gasteiger partial charge in [0.25, 0.3) is 0 Å². The monoisotopic (exact) mass is 428 g/mol. The van der Waals surface area contributed by atoms with Crippen molar-refractivity contribution in [3.63, 3.8) is 0 Å². The van der Waals surface area contributed by atoms with Crippen molar-refractivity contribution < 1.29 is 10.2 Å². The van der Waals surface area contributed by atoms with Gasteiger partial charge in [-0.15, -0.1) is 0 Å². The molecule has 3 saturated carbocycles. The van der Waals surface area contributed by atoms with Crippen LogP contribution in [0.2, 0.25) is 0 Å². The van der Waals surface area contributed by atoms with Crippen LogP contribution in [-0.4, -0.2) is 22.4 Å². The van der Waals surface area contributed by atoms with E-state index in [1.165, 1.54) is 30.4 Å².